The van der Waals surface area contributed by atoms with E-state index < -0.39 is 0 Å². The Labute approximate surface area is 135 Å². The molecule has 0 aromatic rings. The maximum absolute atomic E-state index is 4.44. The lowest BCUT2D eigenvalue weighted by Crippen LogP contribution is -2.49. The number of hydrogen-bond acceptors (Lipinski definition) is 2. The van der Waals surface area contributed by atoms with Crippen LogP contribution in [0, 0.1) is 0 Å². The SMILES string of the molecule is C=CCN=C(NCC)NC1CCN(C(C)C)CC1.I. The molecule has 1 saturated heterocycles. The molecule has 0 unspecified atom stereocenters. The van der Waals surface area contributed by atoms with Crippen LogP contribution in [0.4, 0.5) is 0 Å². The van der Waals surface area contributed by atoms with Crippen LogP contribution in [0.25, 0.3) is 0 Å². The second kappa shape index (κ2) is 10.5. The van der Waals surface area contributed by atoms with E-state index >= 15 is 0 Å². The summed E-state index contributed by atoms with van der Waals surface area (Å²) in [4.78, 5) is 6.98. The topological polar surface area (TPSA) is 39.7 Å². The number of halogens is 1. The highest BCUT2D eigenvalue weighted by Crippen LogP contribution is 2.12. The van der Waals surface area contributed by atoms with Gasteiger partial charge in [-0.2, -0.15) is 0 Å². The molecule has 19 heavy (non-hydrogen) atoms. The molecule has 0 amide bonds. The van der Waals surface area contributed by atoms with Crippen LogP contribution < -0.4 is 10.6 Å². The average molecular weight is 380 g/mol. The first-order valence-corrected chi connectivity index (χ1v) is 7.07. The molecule has 1 fully saturated rings. The van der Waals surface area contributed by atoms with Gasteiger partial charge in [0.15, 0.2) is 5.96 Å². The number of guanidine groups is 1. The number of rotatable bonds is 5. The Morgan fingerprint density at radius 1 is 1.42 bits per heavy atom. The third-order valence-electron chi connectivity index (χ3n) is 3.32. The van der Waals surface area contributed by atoms with Gasteiger partial charge in [-0.05, 0) is 33.6 Å². The Balaban J connectivity index is 0.00000324. The van der Waals surface area contributed by atoms with E-state index in [2.05, 4.69) is 47.9 Å². The van der Waals surface area contributed by atoms with Crippen molar-refractivity contribution in [1.82, 2.24) is 15.5 Å². The van der Waals surface area contributed by atoms with Crippen LogP contribution >= 0.6 is 24.0 Å². The summed E-state index contributed by atoms with van der Waals surface area (Å²) in [5, 5.41) is 6.79. The number of aliphatic imine (C=N–C) groups is 1. The Morgan fingerprint density at radius 3 is 2.53 bits per heavy atom. The van der Waals surface area contributed by atoms with E-state index in [9.17, 15) is 0 Å². The minimum atomic E-state index is 0. The second-order valence-electron chi connectivity index (χ2n) is 5.06. The highest BCUT2D eigenvalue weighted by molar-refractivity contribution is 14.0. The smallest absolute Gasteiger partial charge is 0.191 e. The number of piperidine rings is 1. The zero-order valence-electron chi connectivity index (χ0n) is 12.5. The molecule has 5 heteroatoms. The number of nitrogens with one attached hydrogen (secondary N) is 2. The van der Waals surface area contributed by atoms with Crippen LogP contribution in [0.2, 0.25) is 0 Å². The van der Waals surface area contributed by atoms with Gasteiger partial charge in [0, 0.05) is 31.7 Å². The summed E-state index contributed by atoms with van der Waals surface area (Å²) >= 11 is 0. The second-order valence-corrected chi connectivity index (χ2v) is 5.06. The van der Waals surface area contributed by atoms with Crippen LogP contribution in [-0.2, 0) is 0 Å². The lowest BCUT2D eigenvalue weighted by atomic mass is 10.0. The quantitative estimate of drug-likeness (QED) is 0.333. The first-order valence-electron chi connectivity index (χ1n) is 7.07. The molecule has 4 nitrogen and oxygen atoms in total. The summed E-state index contributed by atoms with van der Waals surface area (Å²) in [5.41, 5.74) is 0. The Hall–Kier alpha value is -0.300. The minimum Gasteiger partial charge on any atom is -0.357 e. The standard InChI is InChI=1S/C14H28N4.HI/c1-5-9-16-14(15-6-2)17-13-7-10-18(11-8-13)12(3)4;/h5,12-13H,1,6-11H2,2-4H3,(H2,15,16,17);1H. The highest BCUT2D eigenvalue weighted by atomic mass is 127. The molecule has 0 bridgehead atoms. The van der Waals surface area contributed by atoms with Crippen molar-refractivity contribution in [2.45, 2.75) is 45.7 Å². The first kappa shape index (κ1) is 18.7. The van der Waals surface area contributed by atoms with Crippen LogP contribution in [0.5, 0.6) is 0 Å². The van der Waals surface area contributed by atoms with Crippen LogP contribution in [-0.4, -0.2) is 49.1 Å². The monoisotopic (exact) mass is 380 g/mol. The van der Waals surface area contributed by atoms with Gasteiger partial charge in [-0.15, -0.1) is 30.6 Å². The Kier molecular flexibility index (Phi) is 10.3. The predicted molar refractivity (Wildman–Crippen MR) is 94.5 cm³/mol. The minimum absolute atomic E-state index is 0. The molecule has 112 valence electrons. The van der Waals surface area contributed by atoms with Crippen molar-refractivity contribution >= 4 is 29.9 Å². The zero-order chi connectivity index (χ0) is 13.4. The summed E-state index contributed by atoms with van der Waals surface area (Å²) in [6.45, 7) is 14.2. The van der Waals surface area contributed by atoms with Gasteiger partial charge in [-0.1, -0.05) is 6.08 Å². The Bertz CT molecular complexity index is 271. The number of nitrogens with zero attached hydrogens (tertiary/aromatic N) is 2. The average Bonchev–Trinajstić information content (AvgIpc) is 2.37. The van der Waals surface area contributed by atoms with Crippen LogP contribution in [0.15, 0.2) is 17.6 Å². The molecule has 0 saturated carbocycles. The van der Waals surface area contributed by atoms with Crippen molar-refractivity contribution < 1.29 is 0 Å². The third-order valence-corrected chi connectivity index (χ3v) is 3.32. The molecule has 0 spiro atoms. The third kappa shape index (κ3) is 7.15. The fraction of sp³-hybridized carbons (Fsp3) is 0.786. The summed E-state index contributed by atoms with van der Waals surface area (Å²) in [6.07, 6.45) is 4.20. The summed E-state index contributed by atoms with van der Waals surface area (Å²) in [7, 11) is 0. The lowest BCUT2D eigenvalue weighted by Gasteiger charge is -2.35. The van der Waals surface area contributed by atoms with Crippen molar-refractivity contribution in [2.75, 3.05) is 26.2 Å². The molecule has 0 atom stereocenters. The van der Waals surface area contributed by atoms with Crippen molar-refractivity contribution in [3.8, 4) is 0 Å². The molecule has 1 heterocycles. The van der Waals surface area contributed by atoms with E-state index in [0.717, 1.165) is 12.5 Å². The van der Waals surface area contributed by atoms with Gasteiger partial charge >= 0.3 is 0 Å². The van der Waals surface area contributed by atoms with Crippen molar-refractivity contribution in [1.29, 1.82) is 0 Å². The van der Waals surface area contributed by atoms with Gasteiger partial charge in [-0.3, -0.25) is 0 Å². The summed E-state index contributed by atoms with van der Waals surface area (Å²) in [5.74, 6) is 0.917. The van der Waals surface area contributed by atoms with Gasteiger partial charge in [0.2, 0.25) is 0 Å². The van der Waals surface area contributed by atoms with Crippen LogP contribution in [0.3, 0.4) is 0 Å². The molecule has 1 rings (SSSR count). The van der Waals surface area contributed by atoms with Gasteiger partial charge < -0.3 is 15.5 Å². The molecular formula is C14H29IN4. The molecule has 0 radical (unpaired) electrons. The molecule has 2 N–H and O–H groups in total. The normalized spacial score (nSPS) is 18.0. The van der Waals surface area contributed by atoms with Crippen LogP contribution in [0.1, 0.15) is 33.6 Å². The largest absolute Gasteiger partial charge is 0.357 e. The summed E-state index contributed by atoms with van der Waals surface area (Å²) < 4.78 is 0. The van der Waals surface area contributed by atoms with Crippen molar-refractivity contribution in [3.63, 3.8) is 0 Å². The zero-order valence-corrected chi connectivity index (χ0v) is 14.8. The van der Waals surface area contributed by atoms with E-state index in [1.165, 1.54) is 25.9 Å². The van der Waals surface area contributed by atoms with E-state index in [1.54, 1.807) is 0 Å². The maximum Gasteiger partial charge on any atom is 0.191 e. The fourth-order valence-electron chi connectivity index (χ4n) is 2.23. The van der Waals surface area contributed by atoms with Gasteiger partial charge in [0.25, 0.3) is 0 Å². The van der Waals surface area contributed by atoms with Gasteiger partial charge in [0.05, 0.1) is 6.54 Å². The molecule has 1 aliphatic heterocycles. The summed E-state index contributed by atoms with van der Waals surface area (Å²) in [6, 6.07) is 1.20. The van der Waals surface area contributed by atoms with Crippen molar-refractivity contribution in [2.24, 2.45) is 4.99 Å². The Morgan fingerprint density at radius 2 is 2.05 bits per heavy atom. The maximum atomic E-state index is 4.44. The van der Waals surface area contributed by atoms with Crippen molar-refractivity contribution in [3.05, 3.63) is 12.7 Å². The molecule has 0 aromatic carbocycles. The predicted octanol–water partition coefficient (Wildman–Crippen LogP) is 2.22. The highest BCUT2D eigenvalue weighted by Gasteiger charge is 2.21. The molecule has 1 aliphatic rings. The first-order chi connectivity index (χ1) is 8.67. The molecular weight excluding hydrogens is 351 g/mol. The van der Waals surface area contributed by atoms with E-state index in [1.807, 2.05) is 6.08 Å². The fourth-order valence-corrected chi connectivity index (χ4v) is 2.23. The van der Waals surface area contributed by atoms with Gasteiger partial charge in [-0.25, -0.2) is 4.99 Å². The van der Waals surface area contributed by atoms with E-state index in [4.69, 9.17) is 0 Å². The van der Waals surface area contributed by atoms with E-state index in [-0.39, 0.29) is 24.0 Å². The van der Waals surface area contributed by atoms with E-state index in [0.29, 0.717) is 18.6 Å². The lowest BCUT2D eigenvalue weighted by molar-refractivity contribution is 0.167. The number of hydrogen-bond donors (Lipinski definition) is 2. The molecule has 0 aromatic heterocycles. The number of likely N-dealkylation sites (tertiary alicyclic amines) is 1. The van der Waals surface area contributed by atoms with Gasteiger partial charge in [0.1, 0.15) is 0 Å². The molecule has 0 aliphatic carbocycles.